The molecule has 0 unspecified atom stereocenters. The molecule has 4 aromatic carbocycles. The fourth-order valence-corrected chi connectivity index (χ4v) is 6.95. The average Bonchev–Trinajstić information content (AvgIpc) is 3.37. The summed E-state index contributed by atoms with van der Waals surface area (Å²) in [7, 11) is 0. The van der Waals surface area contributed by atoms with Crippen molar-refractivity contribution in [3.8, 4) is 56.2 Å². The van der Waals surface area contributed by atoms with E-state index < -0.39 is 0 Å². The summed E-state index contributed by atoms with van der Waals surface area (Å²) in [6.45, 7) is 4.63. The smallest absolute Gasteiger partial charge is 0.0972 e. The molecule has 0 N–H and O–H groups in total. The quantitative estimate of drug-likeness (QED) is 0.187. The van der Waals surface area contributed by atoms with Crippen LogP contribution in [0.5, 0.6) is 0 Å². The first-order chi connectivity index (χ1) is 23.0. The molecule has 9 rings (SSSR count). The summed E-state index contributed by atoms with van der Waals surface area (Å²) in [4.78, 5) is 14.5. The number of hydrogen-bond acceptors (Lipinski definition) is 5. The van der Waals surface area contributed by atoms with E-state index in [9.17, 15) is 0 Å². The van der Waals surface area contributed by atoms with E-state index >= 15 is 0 Å². The Morgan fingerprint density at radius 3 is 1.66 bits per heavy atom. The molecule has 0 spiro atoms. The van der Waals surface area contributed by atoms with Gasteiger partial charge in [0, 0.05) is 50.8 Å². The van der Waals surface area contributed by atoms with Gasteiger partial charge < -0.3 is 0 Å². The van der Waals surface area contributed by atoms with E-state index in [1.54, 1.807) is 12.4 Å². The van der Waals surface area contributed by atoms with Gasteiger partial charge in [-0.2, -0.15) is 0 Å². The average molecular weight is 604 g/mol. The molecule has 222 valence electrons. The van der Waals surface area contributed by atoms with Crippen LogP contribution >= 0.6 is 0 Å². The molecule has 0 fully saturated rings. The molecule has 0 atom stereocenters. The molecule has 0 radical (unpaired) electrons. The maximum Gasteiger partial charge on any atom is 0.0972 e. The molecule has 5 heteroatoms. The van der Waals surface area contributed by atoms with E-state index in [4.69, 9.17) is 9.97 Å². The largest absolute Gasteiger partial charge is 0.265 e. The Labute approximate surface area is 272 Å². The highest BCUT2D eigenvalue weighted by molar-refractivity contribution is 6.04. The number of aromatic nitrogens is 5. The number of hydrogen-bond donors (Lipinski definition) is 0. The van der Waals surface area contributed by atoms with Crippen LogP contribution in [-0.2, 0) is 5.41 Å². The number of fused-ring (bicyclic) bond motifs is 6. The van der Waals surface area contributed by atoms with Crippen molar-refractivity contribution in [3.63, 3.8) is 0 Å². The topological polar surface area (TPSA) is 64.5 Å². The molecule has 47 heavy (non-hydrogen) atoms. The lowest BCUT2D eigenvalue weighted by Crippen LogP contribution is -2.14. The molecule has 1 aliphatic rings. The van der Waals surface area contributed by atoms with Gasteiger partial charge in [0.15, 0.2) is 0 Å². The van der Waals surface area contributed by atoms with Crippen molar-refractivity contribution in [1.82, 2.24) is 25.1 Å². The van der Waals surface area contributed by atoms with Crippen LogP contribution in [0.15, 0.2) is 140 Å². The Bertz CT molecular complexity index is 2480. The van der Waals surface area contributed by atoms with Crippen molar-refractivity contribution < 1.29 is 0 Å². The summed E-state index contributed by atoms with van der Waals surface area (Å²) in [5.74, 6) is 0. The van der Waals surface area contributed by atoms with E-state index in [-0.39, 0.29) is 5.41 Å². The Hall–Kier alpha value is -6.07. The molecule has 0 bridgehead atoms. The van der Waals surface area contributed by atoms with Crippen molar-refractivity contribution in [1.29, 1.82) is 0 Å². The fraction of sp³-hybridized carbons (Fsp3) is 0.0714. The van der Waals surface area contributed by atoms with E-state index in [0.29, 0.717) is 0 Å². The molecule has 8 aromatic rings. The van der Waals surface area contributed by atoms with Gasteiger partial charge in [-0.05, 0) is 70.8 Å². The molecule has 1 aliphatic carbocycles. The van der Waals surface area contributed by atoms with E-state index in [1.165, 1.54) is 22.3 Å². The lowest BCUT2D eigenvalue weighted by atomic mass is 9.82. The zero-order valence-corrected chi connectivity index (χ0v) is 26.0. The second-order valence-electron chi connectivity index (χ2n) is 12.7. The molecule has 4 heterocycles. The van der Waals surface area contributed by atoms with Gasteiger partial charge in [0.2, 0.25) is 0 Å². The van der Waals surface area contributed by atoms with Crippen LogP contribution in [0, 0.1) is 0 Å². The molecule has 0 saturated heterocycles. The van der Waals surface area contributed by atoms with E-state index in [1.807, 2.05) is 30.3 Å². The predicted octanol–water partition coefficient (Wildman–Crippen LogP) is 9.94. The highest BCUT2D eigenvalue weighted by atomic mass is 15.1. The van der Waals surface area contributed by atoms with Gasteiger partial charge in [0.1, 0.15) is 0 Å². The summed E-state index contributed by atoms with van der Waals surface area (Å²) < 4.78 is 0. The van der Waals surface area contributed by atoms with Gasteiger partial charge >= 0.3 is 0 Å². The van der Waals surface area contributed by atoms with Gasteiger partial charge in [-0.3, -0.25) is 4.98 Å². The predicted molar refractivity (Wildman–Crippen MR) is 190 cm³/mol. The van der Waals surface area contributed by atoms with E-state index in [2.05, 4.69) is 126 Å². The van der Waals surface area contributed by atoms with Crippen LogP contribution in [0.3, 0.4) is 0 Å². The Morgan fingerprint density at radius 2 is 0.979 bits per heavy atom. The first-order valence-electron chi connectivity index (χ1n) is 15.8. The summed E-state index contributed by atoms with van der Waals surface area (Å²) in [5, 5.41) is 11.1. The molecule has 0 saturated carbocycles. The van der Waals surface area contributed by atoms with Gasteiger partial charge in [0.25, 0.3) is 0 Å². The van der Waals surface area contributed by atoms with Crippen molar-refractivity contribution in [2.75, 3.05) is 0 Å². The van der Waals surface area contributed by atoms with Crippen molar-refractivity contribution >= 4 is 21.8 Å². The van der Waals surface area contributed by atoms with Crippen molar-refractivity contribution in [2.24, 2.45) is 0 Å². The lowest BCUT2D eigenvalue weighted by molar-refractivity contribution is 0.660. The van der Waals surface area contributed by atoms with Crippen molar-refractivity contribution in [3.05, 3.63) is 151 Å². The monoisotopic (exact) mass is 603 g/mol. The highest BCUT2D eigenvalue weighted by Crippen LogP contribution is 2.49. The normalized spacial score (nSPS) is 13.1. The minimum Gasteiger partial charge on any atom is -0.265 e. The number of nitrogens with zero attached hydrogens (tertiary/aromatic N) is 5. The fourth-order valence-electron chi connectivity index (χ4n) is 6.95. The summed E-state index contributed by atoms with van der Waals surface area (Å²) in [5.41, 5.74) is 14.6. The van der Waals surface area contributed by atoms with E-state index in [0.717, 1.165) is 66.8 Å². The molecular weight excluding hydrogens is 574 g/mol. The first kappa shape index (κ1) is 27.3. The minimum atomic E-state index is -0.0658. The zero-order chi connectivity index (χ0) is 31.5. The van der Waals surface area contributed by atoms with Crippen LogP contribution in [0.2, 0.25) is 0 Å². The van der Waals surface area contributed by atoms with Gasteiger partial charge in [-0.25, -0.2) is 9.97 Å². The van der Waals surface area contributed by atoms with Gasteiger partial charge in [-0.15, -0.1) is 10.2 Å². The summed E-state index contributed by atoms with van der Waals surface area (Å²) in [6, 6.07) is 44.5. The molecular formula is C42H29N5. The minimum absolute atomic E-state index is 0.0658. The zero-order valence-electron chi connectivity index (χ0n) is 26.0. The Balaban J connectivity index is 1.10. The van der Waals surface area contributed by atoms with Gasteiger partial charge in [-0.1, -0.05) is 92.7 Å². The van der Waals surface area contributed by atoms with Crippen LogP contribution in [0.4, 0.5) is 0 Å². The molecule has 4 aromatic heterocycles. The SMILES string of the molecule is CC1(C)c2ccccc2-c2ccc(-c3ccc4ccc5ccc(-c6cccc(-c7ccc(-c8ccncc8)nn7)c6)nc5c4n3)cc21. The third-order valence-corrected chi connectivity index (χ3v) is 9.49. The van der Waals surface area contributed by atoms with Gasteiger partial charge in [0.05, 0.1) is 33.8 Å². The third-order valence-electron chi connectivity index (χ3n) is 9.49. The summed E-state index contributed by atoms with van der Waals surface area (Å²) >= 11 is 0. The van der Waals surface area contributed by atoms with Crippen LogP contribution in [0.25, 0.3) is 78.0 Å². The first-order valence-corrected chi connectivity index (χ1v) is 15.8. The maximum atomic E-state index is 5.24. The number of benzene rings is 4. The van der Waals surface area contributed by atoms with Crippen LogP contribution in [0.1, 0.15) is 25.0 Å². The standard InChI is InChI=1S/C42H29N5/c1-42(2)34-9-4-3-8-32(34)33-15-12-31(25-35(33)42)37-17-14-28-11-10-27-13-16-36(44-40(27)41(28)45-37)29-6-5-7-30(24-29)39-19-18-38(46-47-39)26-20-22-43-23-21-26/h3-25H,1-2H3. The summed E-state index contributed by atoms with van der Waals surface area (Å²) in [6.07, 6.45) is 3.52. The number of pyridine rings is 3. The maximum absolute atomic E-state index is 5.24. The van der Waals surface area contributed by atoms with Crippen molar-refractivity contribution in [2.45, 2.75) is 19.3 Å². The Kier molecular flexibility index (Phi) is 6.09. The second kappa shape index (κ2) is 10.5. The van der Waals surface area contributed by atoms with Crippen LogP contribution in [-0.4, -0.2) is 25.1 Å². The Morgan fingerprint density at radius 1 is 0.426 bits per heavy atom. The third kappa shape index (κ3) is 4.50. The van der Waals surface area contributed by atoms with Crippen LogP contribution < -0.4 is 0 Å². The number of rotatable bonds is 4. The molecule has 0 amide bonds. The second-order valence-corrected chi connectivity index (χ2v) is 12.7. The lowest BCUT2D eigenvalue weighted by Gasteiger charge is -2.21. The molecule has 5 nitrogen and oxygen atoms in total. The molecule has 0 aliphatic heterocycles. The highest BCUT2D eigenvalue weighted by Gasteiger charge is 2.35.